The van der Waals surface area contributed by atoms with Gasteiger partial charge in [0.1, 0.15) is 5.75 Å². The maximum Gasteiger partial charge on any atom is 0.335 e. The molecule has 2 N–H and O–H groups in total. The van der Waals surface area contributed by atoms with E-state index in [9.17, 15) is 9.59 Å². The molecular formula is C17H20N2O5. The second-order valence-corrected chi connectivity index (χ2v) is 5.30. The third-order valence-electron chi connectivity index (χ3n) is 3.85. The fourth-order valence-corrected chi connectivity index (χ4v) is 2.41. The number of nitrogens with one attached hydrogen (secondary N) is 1. The minimum absolute atomic E-state index is 0.0699. The number of amides is 1. The number of carboxylic acid groups (broad SMARTS) is 1. The molecule has 0 aliphatic heterocycles. The van der Waals surface area contributed by atoms with Gasteiger partial charge in [0.2, 0.25) is 5.76 Å². The van der Waals surface area contributed by atoms with Gasteiger partial charge in [0.25, 0.3) is 5.91 Å². The zero-order chi connectivity index (χ0) is 17.7. The second kappa shape index (κ2) is 7.63. The third-order valence-corrected chi connectivity index (χ3v) is 3.85. The van der Waals surface area contributed by atoms with Crippen LogP contribution >= 0.6 is 0 Å². The number of carboxylic acids is 1. The summed E-state index contributed by atoms with van der Waals surface area (Å²) in [5.41, 5.74) is 1.17. The molecule has 128 valence electrons. The number of benzene rings is 1. The number of anilines is 1. The van der Waals surface area contributed by atoms with Crippen LogP contribution in [0.4, 0.5) is 5.69 Å². The maximum absolute atomic E-state index is 12.3. The van der Waals surface area contributed by atoms with E-state index in [2.05, 4.69) is 24.3 Å². The highest BCUT2D eigenvalue weighted by atomic mass is 16.5. The molecule has 7 heteroatoms. The Kier molecular flexibility index (Phi) is 5.57. The van der Waals surface area contributed by atoms with Gasteiger partial charge in [-0.2, -0.15) is 0 Å². The van der Waals surface area contributed by atoms with Gasteiger partial charge in [0, 0.05) is 12.0 Å². The van der Waals surface area contributed by atoms with Crippen LogP contribution in [0.5, 0.6) is 5.75 Å². The van der Waals surface area contributed by atoms with Crippen molar-refractivity contribution in [3.05, 3.63) is 41.3 Å². The average Bonchev–Trinajstić information content (AvgIpc) is 3.06. The summed E-state index contributed by atoms with van der Waals surface area (Å²) >= 11 is 0. The largest absolute Gasteiger partial charge is 0.495 e. The van der Waals surface area contributed by atoms with Crippen molar-refractivity contribution in [3.8, 4) is 5.75 Å². The normalized spacial score (nSPS) is 10.7. The van der Waals surface area contributed by atoms with E-state index in [1.807, 2.05) is 0 Å². The summed E-state index contributed by atoms with van der Waals surface area (Å²) < 4.78 is 10.2. The second-order valence-electron chi connectivity index (χ2n) is 5.30. The van der Waals surface area contributed by atoms with Gasteiger partial charge >= 0.3 is 5.97 Å². The Labute approximate surface area is 139 Å². The van der Waals surface area contributed by atoms with Crippen molar-refractivity contribution in [2.24, 2.45) is 0 Å². The first-order valence-corrected chi connectivity index (χ1v) is 7.69. The first kappa shape index (κ1) is 17.5. The predicted octanol–water partition coefficient (Wildman–Crippen LogP) is 3.54. The summed E-state index contributed by atoms with van der Waals surface area (Å²) in [6.07, 6.45) is 1.82. The van der Waals surface area contributed by atoms with Gasteiger partial charge in [0.05, 0.1) is 24.1 Å². The highest BCUT2D eigenvalue weighted by molar-refractivity contribution is 6.03. The molecule has 0 radical (unpaired) electrons. The van der Waals surface area contributed by atoms with Crippen molar-refractivity contribution >= 4 is 17.6 Å². The van der Waals surface area contributed by atoms with E-state index < -0.39 is 11.9 Å². The van der Waals surface area contributed by atoms with E-state index in [0.29, 0.717) is 5.69 Å². The highest BCUT2D eigenvalue weighted by Crippen LogP contribution is 2.27. The molecule has 7 nitrogen and oxygen atoms in total. The summed E-state index contributed by atoms with van der Waals surface area (Å²) in [5, 5.41) is 15.6. The van der Waals surface area contributed by atoms with Crippen LogP contribution in [0.15, 0.2) is 28.8 Å². The van der Waals surface area contributed by atoms with Crippen molar-refractivity contribution in [2.45, 2.75) is 32.6 Å². The van der Waals surface area contributed by atoms with E-state index in [0.717, 1.165) is 18.5 Å². The van der Waals surface area contributed by atoms with Crippen molar-refractivity contribution in [1.29, 1.82) is 0 Å². The lowest BCUT2D eigenvalue weighted by atomic mass is 9.99. The van der Waals surface area contributed by atoms with Crippen LogP contribution in [-0.2, 0) is 0 Å². The number of carbonyl (C=O) groups excluding carboxylic acids is 1. The number of nitrogens with zero attached hydrogens (tertiary/aromatic N) is 1. The molecule has 0 aliphatic rings. The number of hydrogen-bond acceptors (Lipinski definition) is 5. The first-order valence-electron chi connectivity index (χ1n) is 7.69. The van der Waals surface area contributed by atoms with Crippen LogP contribution in [0.2, 0.25) is 0 Å². The minimum Gasteiger partial charge on any atom is -0.495 e. The quantitative estimate of drug-likeness (QED) is 0.804. The molecule has 0 unspecified atom stereocenters. The summed E-state index contributed by atoms with van der Waals surface area (Å²) in [6, 6.07) is 5.83. The lowest BCUT2D eigenvalue weighted by molar-refractivity contribution is 0.0696. The summed E-state index contributed by atoms with van der Waals surface area (Å²) in [4.78, 5) is 23.3. The van der Waals surface area contributed by atoms with Crippen molar-refractivity contribution in [1.82, 2.24) is 5.16 Å². The topological polar surface area (TPSA) is 102 Å². The van der Waals surface area contributed by atoms with Gasteiger partial charge in [-0.25, -0.2) is 4.79 Å². The molecule has 0 atom stereocenters. The van der Waals surface area contributed by atoms with Crippen molar-refractivity contribution in [3.63, 3.8) is 0 Å². The van der Waals surface area contributed by atoms with Crippen LogP contribution in [0, 0.1) is 0 Å². The molecule has 1 heterocycles. The van der Waals surface area contributed by atoms with E-state index >= 15 is 0 Å². The van der Waals surface area contributed by atoms with Gasteiger partial charge in [-0.1, -0.05) is 19.0 Å². The molecule has 2 rings (SSSR count). The van der Waals surface area contributed by atoms with Crippen molar-refractivity contribution in [2.75, 3.05) is 12.4 Å². The van der Waals surface area contributed by atoms with Gasteiger partial charge in [-0.05, 0) is 31.0 Å². The number of aromatic carboxylic acids is 1. The van der Waals surface area contributed by atoms with Crippen LogP contribution in [0.1, 0.15) is 59.2 Å². The summed E-state index contributed by atoms with van der Waals surface area (Å²) in [7, 11) is 1.40. The molecule has 1 amide bonds. The molecule has 0 fully saturated rings. The third kappa shape index (κ3) is 3.73. The monoisotopic (exact) mass is 332 g/mol. The van der Waals surface area contributed by atoms with Crippen LogP contribution in [-0.4, -0.2) is 29.2 Å². The molecule has 2 aromatic rings. The zero-order valence-corrected chi connectivity index (χ0v) is 13.8. The van der Waals surface area contributed by atoms with Crippen LogP contribution in [0.3, 0.4) is 0 Å². The van der Waals surface area contributed by atoms with E-state index in [1.165, 1.54) is 25.3 Å². The summed E-state index contributed by atoms with van der Waals surface area (Å²) in [5.74, 6) is -0.943. The number of methoxy groups -OCH3 is 1. The van der Waals surface area contributed by atoms with Gasteiger partial charge < -0.3 is 19.7 Å². The Balaban J connectivity index is 2.19. The lowest BCUT2D eigenvalue weighted by Gasteiger charge is -2.09. The SMILES string of the molecule is CCC(CC)c1cc(C(=O)Nc2ccc(C(=O)O)cc2OC)on1. The lowest BCUT2D eigenvalue weighted by Crippen LogP contribution is -2.12. The zero-order valence-electron chi connectivity index (χ0n) is 13.8. The molecule has 0 spiro atoms. The Morgan fingerprint density at radius 2 is 2.00 bits per heavy atom. The number of hydrogen-bond donors (Lipinski definition) is 2. The van der Waals surface area contributed by atoms with Gasteiger partial charge in [-0.3, -0.25) is 4.79 Å². The van der Waals surface area contributed by atoms with Crippen LogP contribution < -0.4 is 10.1 Å². The smallest absolute Gasteiger partial charge is 0.335 e. The first-order chi connectivity index (χ1) is 11.5. The molecule has 0 bridgehead atoms. The number of rotatable bonds is 7. The Hall–Kier alpha value is -2.83. The standard InChI is InChI=1S/C17H20N2O5/c1-4-10(5-2)13-9-15(24-19-13)16(20)18-12-7-6-11(17(21)22)8-14(12)23-3/h6-10H,4-5H2,1-3H3,(H,18,20)(H,21,22). The number of carbonyl (C=O) groups is 2. The minimum atomic E-state index is -1.07. The molecular weight excluding hydrogens is 312 g/mol. The van der Waals surface area contributed by atoms with Crippen molar-refractivity contribution < 1.29 is 24.0 Å². The Morgan fingerprint density at radius 3 is 2.58 bits per heavy atom. The van der Waals surface area contributed by atoms with E-state index in [-0.39, 0.29) is 23.0 Å². The molecule has 0 saturated heterocycles. The molecule has 0 saturated carbocycles. The average molecular weight is 332 g/mol. The van der Waals surface area contributed by atoms with Crippen LogP contribution in [0.25, 0.3) is 0 Å². The van der Waals surface area contributed by atoms with E-state index in [4.69, 9.17) is 14.4 Å². The predicted molar refractivity (Wildman–Crippen MR) is 87.7 cm³/mol. The fourth-order valence-electron chi connectivity index (χ4n) is 2.41. The van der Waals surface area contributed by atoms with Gasteiger partial charge in [0.15, 0.2) is 0 Å². The number of aromatic nitrogens is 1. The molecule has 1 aromatic carbocycles. The fraction of sp³-hybridized carbons (Fsp3) is 0.353. The van der Waals surface area contributed by atoms with Gasteiger partial charge in [-0.15, -0.1) is 0 Å². The molecule has 0 aliphatic carbocycles. The Morgan fingerprint density at radius 1 is 1.29 bits per heavy atom. The Bertz CT molecular complexity index is 734. The molecule has 24 heavy (non-hydrogen) atoms. The summed E-state index contributed by atoms with van der Waals surface area (Å²) in [6.45, 7) is 4.11. The van der Waals surface area contributed by atoms with E-state index in [1.54, 1.807) is 6.07 Å². The number of ether oxygens (including phenoxy) is 1. The molecule has 1 aromatic heterocycles. The maximum atomic E-state index is 12.3. The highest BCUT2D eigenvalue weighted by Gasteiger charge is 2.19.